The molecule has 0 saturated carbocycles. The number of aromatic nitrogens is 2. The number of hydrogen-bond acceptors (Lipinski definition) is 7. The smallest absolute Gasteiger partial charge is 0.333 e. The zero-order valence-corrected chi connectivity index (χ0v) is 19.4. The van der Waals surface area contributed by atoms with Crippen molar-refractivity contribution in [1.82, 2.24) is 14.3 Å². The van der Waals surface area contributed by atoms with E-state index < -0.39 is 33.1 Å². The number of carbonyl (C=O) groups is 1. The van der Waals surface area contributed by atoms with E-state index in [0.717, 1.165) is 26.8 Å². The Morgan fingerprint density at radius 1 is 1.09 bits per heavy atom. The first-order valence-electron chi connectivity index (χ1n) is 9.76. The number of thiophene rings is 1. The summed E-state index contributed by atoms with van der Waals surface area (Å²) in [6.45, 7) is 1.74. The zero-order chi connectivity index (χ0) is 24.6. The standard InChI is InChI=1S/C21H18FN5O5S2/c1-11-3-8-18(33-11)34(31,32)26-20(29)24-12-4-6-13(7-5-12)27-19(28)14-9-15(22)17(23-2)10-16(14)25-21(27)30/h3-10,23H,1-2H3,(H,25,30)(H2,24,26,29). The van der Waals surface area contributed by atoms with Gasteiger partial charge in [0.25, 0.3) is 15.6 Å². The minimum atomic E-state index is -4.02. The van der Waals surface area contributed by atoms with Gasteiger partial charge >= 0.3 is 11.7 Å². The minimum Gasteiger partial charge on any atom is -0.386 e. The molecule has 34 heavy (non-hydrogen) atoms. The number of benzene rings is 2. The zero-order valence-electron chi connectivity index (χ0n) is 17.8. The molecule has 0 bridgehead atoms. The highest BCUT2D eigenvalue weighted by atomic mass is 32.2. The van der Waals surface area contributed by atoms with Gasteiger partial charge in [-0.15, -0.1) is 11.3 Å². The van der Waals surface area contributed by atoms with Gasteiger partial charge in [-0.2, -0.15) is 0 Å². The van der Waals surface area contributed by atoms with Gasteiger partial charge in [0.1, 0.15) is 10.0 Å². The molecule has 0 aliphatic heterocycles. The molecule has 2 aromatic heterocycles. The normalized spacial score (nSPS) is 11.4. The molecule has 0 radical (unpaired) electrons. The Kier molecular flexibility index (Phi) is 5.98. The van der Waals surface area contributed by atoms with Crippen LogP contribution in [0.25, 0.3) is 16.6 Å². The van der Waals surface area contributed by atoms with E-state index in [1.165, 1.54) is 43.4 Å². The summed E-state index contributed by atoms with van der Waals surface area (Å²) in [4.78, 5) is 40.9. The number of hydrogen-bond donors (Lipinski definition) is 4. The van der Waals surface area contributed by atoms with Gasteiger partial charge in [-0.3, -0.25) is 4.79 Å². The van der Waals surface area contributed by atoms with Crippen LogP contribution >= 0.6 is 11.3 Å². The van der Waals surface area contributed by atoms with Crippen molar-refractivity contribution in [2.24, 2.45) is 0 Å². The van der Waals surface area contributed by atoms with Gasteiger partial charge in [0.2, 0.25) is 0 Å². The Labute approximate surface area is 196 Å². The van der Waals surface area contributed by atoms with E-state index in [9.17, 15) is 27.2 Å². The molecule has 0 aliphatic rings. The molecule has 0 atom stereocenters. The molecule has 13 heteroatoms. The van der Waals surface area contributed by atoms with Crippen LogP contribution in [-0.2, 0) is 10.0 Å². The van der Waals surface area contributed by atoms with Crippen LogP contribution in [0.15, 0.2) is 62.3 Å². The van der Waals surface area contributed by atoms with Gasteiger partial charge in [0, 0.05) is 17.6 Å². The quantitative estimate of drug-likeness (QED) is 0.330. The summed E-state index contributed by atoms with van der Waals surface area (Å²) in [5.74, 6) is -0.649. The maximum atomic E-state index is 14.1. The van der Waals surface area contributed by atoms with E-state index in [1.807, 2.05) is 4.72 Å². The number of fused-ring (bicyclic) bond motifs is 1. The third-order valence-corrected chi connectivity index (χ3v) is 7.67. The molecule has 0 unspecified atom stereocenters. The largest absolute Gasteiger partial charge is 0.386 e. The number of nitrogens with zero attached hydrogens (tertiary/aromatic N) is 1. The number of amides is 2. The first-order chi connectivity index (χ1) is 16.1. The molecule has 0 spiro atoms. The Balaban J connectivity index is 1.58. The fourth-order valence-electron chi connectivity index (χ4n) is 3.24. The minimum absolute atomic E-state index is 0.00341. The second-order valence-corrected chi connectivity index (χ2v) is 10.4. The molecule has 10 nitrogen and oxygen atoms in total. The lowest BCUT2D eigenvalue weighted by molar-refractivity contribution is 0.256. The summed E-state index contributed by atoms with van der Waals surface area (Å²) >= 11 is 1.03. The number of anilines is 2. The van der Waals surface area contributed by atoms with Crippen LogP contribution in [0.3, 0.4) is 0 Å². The molecule has 0 fully saturated rings. The number of nitrogens with one attached hydrogen (secondary N) is 4. The van der Waals surface area contributed by atoms with E-state index in [2.05, 4.69) is 15.6 Å². The van der Waals surface area contributed by atoms with Crippen LogP contribution in [0.5, 0.6) is 0 Å². The van der Waals surface area contributed by atoms with Crippen molar-refractivity contribution in [2.45, 2.75) is 11.1 Å². The van der Waals surface area contributed by atoms with Crippen LogP contribution in [-0.4, -0.2) is 31.0 Å². The van der Waals surface area contributed by atoms with Crippen molar-refractivity contribution in [1.29, 1.82) is 0 Å². The SMILES string of the molecule is CNc1cc2[nH]c(=O)n(-c3ccc(NC(=O)NS(=O)(=O)c4ccc(C)s4)cc3)c(=O)c2cc1F. The Morgan fingerprint density at radius 2 is 1.79 bits per heavy atom. The van der Waals surface area contributed by atoms with E-state index in [1.54, 1.807) is 13.0 Å². The number of aryl methyl sites for hydroxylation is 1. The summed E-state index contributed by atoms with van der Waals surface area (Å²) in [6, 6.07) is 9.95. The molecular formula is C21H18FN5O5S2. The topological polar surface area (TPSA) is 142 Å². The Bertz CT molecular complexity index is 1640. The van der Waals surface area contributed by atoms with Crippen molar-refractivity contribution in [3.63, 3.8) is 0 Å². The highest BCUT2D eigenvalue weighted by molar-refractivity contribution is 7.92. The van der Waals surface area contributed by atoms with Crippen LogP contribution in [0.2, 0.25) is 0 Å². The molecule has 0 saturated heterocycles. The first kappa shape index (κ1) is 23.2. The molecule has 4 aromatic rings. The first-order valence-corrected chi connectivity index (χ1v) is 12.1. The summed E-state index contributed by atoms with van der Waals surface area (Å²) in [7, 11) is -2.51. The maximum Gasteiger partial charge on any atom is 0.333 e. The summed E-state index contributed by atoms with van der Waals surface area (Å²) < 4.78 is 41.4. The van der Waals surface area contributed by atoms with Crippen molar-refractivity contribution < 1.29 is 17.6 Å². The van der Waals surface area contributed by atoms with Crippen LogP contribution in [0.1, 0.15) is 4.88 Å². The average Bonchev–Trinajstić information content (AvgIpc) is 3.22. The van der Waals surface area contributed by atoms with E-state index in [0.29, 0.717) is 0 Å². The van der Waals surface area contributed by atoms with Crippen molar-refractivity contribution in [3.8, 4) is 5.69 Å². The van der Waals surface area contributed by atoms with Gasteiger partial charge < -0.3 is 15.6 Å². The Morgan fingerprint density at radius 3 is 2.41 bits per heavy atom. The second kappa shape index (κ2) is 8.76. The lowest BCUT2D eigenvalue weighted by Crippen LogP contribution is -2.34. The second-order valence-electron chi connectivity index (χ2n) is 7.17. The monoisotopic (exact) mass is 503 g/mol. The number of rotatable bonds is 5. The van der Waals surface area contributed by atoms with Crippen molar-refractivity contribution in [3.05, 3.63) is 80.1 Å². The lowest BCUT2D eigenvalue weighted by Gasteiger charge is -2.10. The number of sulfonamides is 1. The highest BCUT2D eigenvalue weighted by Crippen LogP contribution is 2.21. The predicted octanol–water partition coefficient (Wildman–Crippen LogP) is 2.74. The molecule has 2 heterocycles. The third-order valence-electron chi connectivity index (χ3n) is 4.85. The van der Waals surface area contributed by atoms with Gasteiger partial charge in [-0.25, -0.2) is 31.7 Å². The van der Waals surface area contributed by atoms with Crippen molar-refractivity contribution >= 4 is 49.7 Å². The Hall–Kier alpha value is -3.97. The van der Waals surface area contributed by atoms with E-state index in [-0.39, 0.29) is 32.2 Å². The van der Waals surface area contributed by atoms with Crippen LogP contribution < -0.4 is 26.6 Å². The lowest BCUT2D eigenvalue weighted by atomic mass is 10.2. The number of halogens is 1. The number of H-pyrrole nitrogens is 1. The molecule has 4 N–H and O–H groups in total. The van der Waals surface area contributed by atoms with Gasteiger partial charge in [0.05, 0.1) is 22.3 Å². The number of carbonyl (C=O) groups excluding carboxylic acids is 1. The number of aromatic amines is 1. The summed E-state index contributed by atoms with van der Waals surface area (Å²) in [6.07, 6.45) is 0. The third kappa shape index (κ3) is 4.43. The summed E-state index contributed by atoms with van der Waals surface area (Å²) in [5.41, 5.74) is -0.773. The fourth-order valence-corrected chi connectivity index (χ4v) is 5.43. The fraction of sp³-hybridized carbons (Fsp3) is 0.0952. The van der Waals surface area contributed by atoms with Crippen molar-refractivity contribution in [2.75, 3.05) is 17.7 Å². The predicted molar refractivity (Wildman–Crippen MR) is 128 cm³/mol. The molecule has 2 amide bonds. The number of urea groups is 1. The molecule has 2 aromatic carbocycles. The average molecular weight is 504 g/mol. The molecule has 176 valence electrons. The van der Waals surface area contributed by atoms with Crippen LogP contribution in [0.4, 0.5) is 20.6 Å². The van der Waals surface area contributed by atoms with E-state index >= 15 is 0 Å². The molecule has 0 aliphatic carbocycles. The highest BCUT2D eigenvalue weighted by Gasteiger charge is 2.19. The van der Waals surface area contributed by atoms with Gasteiger partial charge in [0.15, 0.2) is 0 Å². The summed E-state index contributed by atoms with van der Waals surface area (Å²) in [5, 5.41) is 4.99. The van der Waals surface area contributed by atoms with Gasteiger partial charge in [-0.1, -0.05) is 0 Å². The molecular weight excluding hydrogens is 485 g/mol. The maximum absolute atomic E-state index is 14.1. The molecule has 4 rings (SSSR count). The van der Waals surface area contributed by atoms with E-state index in [4.69, 9.17) is 0 Å². The van der Waals surface area contributed by atoms with Crippen LogP contribution in [0, 0.1) is 12.7 Å². The van der Waals surface area contributed by atoms with Gasteiger partial charge in [-0.05, 0) is 55.5 Å².